The van der Waals surface area contributed by atoms with Gasteiger partial charge in [-0.2, -0.15) is 5.26 Å². The lowest BCUT2D eigenvalue weighted by molar-refractivity contribution is 0.523. The van der Waals surface area contributed by atoms with Crippen LogP contribution in [0.2, 0.25) is 0 Å². The van der Waals surface area contributed by atoms with Crippen molar-refractivity contribution < 1.29 is 4.39 Å². The van der Waals surface area contributed by atoms with Crippen LogP contribution in [0.1, 0.15) is 36.6 Å². The monoisotopic (exact) mass is 390 g/mol. The maximum absolute atomic E-state index is 14.0. The van der Waals surface area contributed by atoms with Gasteiger partial charge in [-0.3, -0.25) is 4.98 Å². The van der Waals surface area contributed by atoms with Crippen molar-refractivity contribution in [2.75, 3.05) is 23.3 Å². The lowest BCUT2D eigenvalue weighted by Gasteiger charge is -2.34. The summed E-state index contributed by atoms with van der Waals surface area (Å²) in [5.74, 6) is 0.639. The molecule has 0 aliphatic carbocycles. The predicted octanol–water partition coefficient (Wildman–Crippen LogP) is 3.99. The maximum Gasteiger partial charge on any atom is 0.132 e. The van der Waals surface area contributed by atoms with Gasteiger partial charge in [0, 0.05) is 42.5 Å². The highest BCUT2D eigenvalue weighted by Crippen LogP contribution is 2.30. The van der Waals surface area contributed by atoms with E-state index >= 15 is 0 Å². The summed E-state index contributed by atoms with van der Waals surface area (Å²) in [7, 11) is 0. The zero-order valence-corrected chi connectivity index (χ0v) is 16.6. The molecule has 0 atom stereocenters. The molecule has 1 fully saturated rings. The van der Waals surface area contributed by atoms with E-state index in [0.717, 1.165) is 54.9 Å². The summed E-state index contributed by atoms with van der Waals surface area (Å²) in [6, 6.07) is 7.36. The van der Waals surface area contributed by atoms with Crippen molar-refractivity contribution in [2.45, 2.75) is 39.2 Å². The summed E-state index contributed by atoms with van der Waals surface area (Å²) in [4.78, 5) is 15.3. The lowest BCUT2D eigenvalue weighted by Crippen LogP contribution is -2.39. The molecule has 2 aromatic heterocycles. The molecule has 0 unspecified atom stereocenters. The van der Waals surface area contributed by atoms with E-state index in [0.29, 0.717) is 16.6 Å². The number of nitriles is 1. The van der Waals surface area contributed by atoms with Gasteiger partial charge in [-0.25, -0.2) is 14.4 Å². The summed E-state index contributed by atoms with van der Waals surface area (Å²) in [5, 5.41) is 13.7. The average molecular weight is 390 g/mol. The Bertz CT molecular complexity index is 1080. The van der Waals surface area contributed by atoms with Gasteiger partial charge in [-0.15, -0.1) is 0 Å². The van der Waals surface area contributed by atoms with Gasteiger partial charge in [0.25, 0.3) is 0 Å². The quantitative estimate of drug-likeness (QED) is 0.726. The molecule has 29 heavy (non-hydrogen) atoms. The molecule has 6 nitrogen and oxygen atoms in total. The van der Waals surface area contributed by atoms with E-state index < -0.39 is 0 Å². The smallest absolute Gasteiger partial charge is 0.132 e. The number of nitrogens with one attached hydrogen (secondary N) is 1. The molecule has 3 heterocycles. The first kappa shape index (κ1) is 19.1. The third-order valence-electron chi connectivity index (χ3n) is 5.49. The number of hydrogen-bond acceptors (Lipinski definition) is 6. The van der Waals surface area contributed by atoms with Crippen LogP contribution in [0.15, 0.2) is 30.7 Å². The van der Waals surface area contributed by atoms with Crippen molar-refractivity contribution in [3.63, 3.8) is 0 Å². The van der Waals surface area contributed by atoms with Gasteiger partial charge >= 0.3 is 0 Å². The largest absolute Gasteiger partial charge is 0.381 e. The Kier molecular flexibility index (Phi) is 5.26. The van der Waals surface area contributed by atoms with Crippen LogP contribution in [0.4, 0.5) is 15.9 Å². The molecule has 0 radical (unpaired) electrons. The van der Waals surface area contributed by atoms with Crippen LogP contribution in [0, 0.1) is 24.1 Å². The van der Waals surface area contributed by atoms with Gasteiger partial charge in [0.1, 0.15) is 24.0 Å². The van der Waals surface area contributed by atoms with Crippen molar-refractivity contribution in [1.82, 2.24) is 15.0 Å². The molecular formula is C22H23FN6. The summed E-state index contributed by atoms with van der Waals surface area (Å²) >= 11 is 0. The molecule has 7 heteroatoms. The number of aryl methyl sites for hydroxylation is 2. The number of nitrogens with zero attached hydrogens (tertiary/aromatic N) is 5. The second kappa shape index (κ2) is 8.00. The Balaban J connectivity index is 1.55. The Morgan fingerprint density at radius 1 is 1.21 bits per heavy atom. The fraction of sp³-hybridized carbons (Fsp3) is 0.364. The highest BCUT2D eigenvalue weighted by molar-refractivity contribution is 5.95. The third kappa shape index (κ3) is 3.83. The minimum Gasteiger partial charge on any atom is -0.381 e. The predicted molar refractivity (Wildman–Crippen MR) is 111 cm³/mol. The van der Waals surface area contributed by atoms with Gasteiger partial charge in [0.05, 0.1) is 16.8 Å². The number of hydrogen-bond donors (Lipinski definition) is 1. The van der Waals surface area contributed by atoms with Gasteiger partial charge < -0.3 is 10.2 Å². The molecule has 0 spiro atoms. The van der Waals surface area contributed by atoms with Crippen LogP contribution >= 0.6 is 0 Å². The zero-order valence-electron chi connectivity index (χ0n) is 16.6. The summed E-state index contributed by atoms with van der Waals surface area (Å²) in [6.07, 6.45) is 5.87. The van der Waals surface area contributed by atoms with Crippen LogP contribution in [0.5, 0.6) is 0 Å². The van der Waals surface area contributed by atoms with Crippen molar-refractivity contribution >= 4 is 22.4 Å². The Labute approximate surface area is 169 Å². The van der Waals surface area contributed by atoms with E-state index in [1.165, 1.54) is 12.1 Å². The van der Waals surface area contributed by atoms with Gasteiger partial charge in [-0.1, -0.05) is 6.92 Å². The minimum absolute atomic E-state index is 0.194. The molecule has 0 saturated carbocycles. The average Bonchev–Trinajstić information content (AvgIpc) is 2.74. The number of piperidine rings is 1. The van der Waals surface area contributed by atoms with Crippen molar-refractivity contribution in [3.8, 4) is 6.07 Å². The van der Waals surface area contributed by atoms with Crippen molar-refractivity contribution in [2.24, 2.45) is 0 Å². The topological polar surface area (TPSA) is 77.7 Å². The van der Waals surface area contributed by atoms with E-state index in [9.17, 15) is 9.65 Å². The second-order valence-corrected chi connectivity index (χ2v) is 7.40. The number of anilines is 2. The highest BCUT2D eigenvalue weighted by atomic mass is 19.1. The Hall–Kier alpha value is -3.27. The van der Waals surface area contributed by atoms with Crippen LogP contribution in [0.3, 0.4) is 0 Å². The molecule has 0 amide bonds. The van der Waals surface area contributed by atoms with Gasteiger partial charge in [0.2, 0.25) is 0 Å². The molecule has 4 rings (SSSR count). The number of fused-ring (bicyclic) bond motifs is 1. The maximum atomic E-state index is 14.0. The van der Waals surface area contributed by atoms with E-state index in [4.69, 9.17) is 0 Å². The third-order valence-corrected chi connectivity index (χ3v) is 5.49. The number of halogens is 1. The molecule has 1 aromatic carbocycles. The van der Waals surface area contributed by atoms with Gasteiger partial charge in [-0.05, 0) is 43.9 Å². The first-order valence-corrected chi connectivity index (χ1v) is 9.90. The standard InChI is InChI=1S/C22H23FN6/c1-3-17-10-20(27-13-26-17)29-6-4-18(5-7-29)28-22-15(11-24)12-25-21-14(2)8-16(23)9-19(21)22/h8-10,12-13,18H,3-7H2,1-2H3,(H,25,28). The number of aromatic nitrogens is 3. The fourth-order valence-electron chi connectivity index (χ4n) is 3.89. The zero-order chi connectivity index (χ0) is 20.4. The molecule has 148 valence electrons. The van der Waals surface area contributed by atoms with Crippen LogP contribution in [0.25, 0.3) is 10.9 Å². The van der Waals surface area contributed by atoms with E-state index in [-0.39, 0.29) is 11.9 Å². The lowest BCUT2D eigenvalue weighted by atomic mass is 10.0. The molecule has 1 N–H and O–H groups in total. The summed E-state index contributed by atoms with van der Waals surface area (Å²) in [6.45, 7) is 5.63. The second-order valence-electron chi connectivity index (χ2n) is 7.40. The normalized spacial score (nSPS) is 14.8. The molecule has 1 aliphatic heterocycles. The molecular weight excluding hydrogens is 367 g/mol. The summed E-state index contributed by atoms with van der Waals surface area (Å²) < 4.78 is 14.0. The first-order chi connectivity index (χ1) is 14.1. The molecule has 1 aliphatic rings. The number of rotatable bonds is 4. The minimum atomic E-state index is -0.319. The fourth-order valence-corrected chi connectivity index (χ4v) is 3.89. The van der Waals surface area contributed by atoms with Crippen LogP contribution in [-0.4, -0.2) is 34.1 Å². The Morgan fingerprint density at radius 3 is 2.72 bits per heavy atom. The number of benzene rings is 1. The molecule has 3 aromatic rings. The highest BCUT2D eigenvalue weighted by Gasteiger charge is 2.22. The van der Waals surface area contributed by atoms with Crippen LogP contribution in [-0.2, 0) is 6.42 Å². The molecule has 0 bridgehead atoms. The van der Waals surface area contributed by atoms with E-state index in [1.54, 1.807) is 12.5 Å². The van der Waals surface area contributed by atoms with Crippen molar-refractivity contribution in [3.05, 3.63) is 53.4 Å². The van der Waals surface area contributed by atoms with E-state index in [2.05, 4.69) is 38.2 Å². The van der Waals surface area contributed by atoms with Crippen LogP contribution < -0.4 is 10.2 Å². The number of pyridine rings is 1. The van der Waals surface area contributed by atoms with Crippen molar-refractivity contribution in [1.29, 1.82) is 5.26 Å². The SMILES string of the molecule is CCc1cc(N2CCC(Nc3c(C#N)cnc4c(C)cc(F)cc34)CC2)ncn1. The first-order valence-electron chi connectivity index (χ1n) is 9.90. The van der Waals surface area contributed by atoms with Gasteiger partial charge in [0.15, 0.2) is 0 Å². The van der Waals surface area contributed by atoms with E-state index in [1.807, 2.05) is 13.0 Å². The Morgan fingerprint density at radius 2 is 2.00 bits per heavy atom. The molecule has 1 saturated heterocycles. The summed E-state index contributed by atoms with van der Waals surface area (Å²) in [5.41, 5.74) is 3.63.